The van der Waals surface area contributed by atoms with Crippen LogP contribution in [0.4, 0.5) is 5.69 Å². The molecule has 0 unspecified atom stereocenters. The molecule has 0 saturated heterocycles. The molecule has 4 heteroatoms. The van der Waals surface area contributed by atoms with Gasteiger partial charge in [0.05, 0.1) is 30.5 Å². The van der Waals surface area contributed by atoms with E-state index in [0.29, 0.717) is 12.2 Å². The van der Waals surface area contributed by atoms with E-state index in [1.54, 1.807) is 0 Å². The van der Waals surface area contributed by atoms with Crippen LogP contribution in [0.25, 0.3) is 11.1 Å². The summed E-state index contributed by atoms with van der Waals surface area (Å²) in [5, 5.41) is 8.95. The number of benzene rings is 4. The highest BCUT2D eigenvalue weighted by Crippen LogP contribution is 2.23. The number of aryl methyl sites for hydroxylation is 1. The SMILES string of the molecule is CCCCCCc1ccc(N=Cc2ccc(OCCCCCCOc3ccc(-c4ccc(C#N)cc4)cc3)cc2)cc1. The Kier molecular flexibility index (Phi) is 12.7. The molecule has 4 nitrogen and oxygen atoms in total. The maximum atomic E-state index is 8.95. The van der Waals surface area contributed by atoms with Gasteiger partial charge in [0.1, 0.15) is 11.5 Å². The maximum absolute atomic E-state index is 8.95. The smallest absolute Gasteiger partial charge is 0.119 e. The van der Waals surface area contributed by atoms with Crippen LogP contribution in [0, 0.1) is 11.3 Å². The van der Waals surface area contributed by atoms with Gasteiger partial charge < -0.3 is 9.47 Å². The summed E-state index contributed by atoms with van der Waals surface area (Å²) in [4.78, 5) is 4.62. The molecule has 42 heavy (non-hydrogen) atoms. The molecule has 0 spiro atoms. The van der Waals surface area contributed by atoms with Gasteiger partial charge in [0.2, 0.25) is 0 Å². The van der Waals surface area contributed by atoms with Crippen molar-refractivity contribution in [2.24, 2.45) is 4.99 Å². The minimum atomic E-state index is 0.672. The molecular weight excluding hydrogens is 516 g/mol. The Morgan fingerprint density at radius 2 is 1.17 bits per heavy atom. The van der Waals surface area contributed by atoms with Crippen LogP contribution in [0.2, 0.25) is 0 Å². The van der Waals surface area contributed by atoms with Crippen LogP contribution in [0.1, 0.15) is 75.0 Å². The molecule has 0 bridgehead atoms. The standard InChI is InChI=1S/C38H42N2O2/c1-2-3-4-7-10-31-13-21-36(22-14-31)40-30-33-15-23-37(24-16-33)41-27-8-5-6-9-28-42-38-25-19-35(20-26-38)34-17-11-32(29-39)12-18-34/h11-26,30H,2-10,27-28H2,1H3. The first-order valence-electron chi connectivity index (χ1n) is 15.3. The van der Waals surface area contributed by atoms with Crippen molar-refractivity contribution < 1.29 is 9.47 Å². The second-order valence-electron chi connectivity index (χ2n) is 10.6. The van der Waals surface area contributed by atoms with E-state index in [2.05, 4.69) is 66.5 Å². The van der Waals surface area contributed by atoms with Crippen molar-refractivity contribution in [3.8, 4) is 28.7 Å². The summed E-state index contributed by atoms with van der Waals surface area (Å²) < 4.78 is 11.8. The third-order valence-electron chi connectivity index (χ3n) is 7.28. The highest BCUT2D eigenvalue weighted by Gasteiger charge is 2.01. The van der Waals surface area contributed by atoms with E-state index in [9.17, 15) is 0 Å². The monoisotopic (exact) mass is 558 g/mol. The fourth-order valence-electron chi connectivity index (χ4n) is 4.72. The van der Waals surface area contributed by atoms with Gasteiger partial charge in [-0.25, -0.2) is 0 Å². The average Bonchev–Trinajstić information content (AvgIpc) is 3.05. The number of aliphatic imine (C=N–C) groups is 1. The molecule has 0 aliphatic carbocycles. The van der Waals surface area contributed by atoms with Gasteiger partial charge in [0.15, 0.2) is 0 Å². The van der Waals surface area contributed by atoms with Crippen LogP contribution in [0.15, 0.2) is 102 Å². The first kappa shape index (κ1) is 30.6. The lowest BCUT2D eigenvalue weighted by Gasteiger charge is -2.08. The number of nitriles is 1. The second kappa shape index (κ2) is 17.5. The molecule has 0 aromatic heterocycles. The van der Waals surface area contributed by atoms with Gasteiger partial charge >= 0.3 is 0 Å². The predicted octanol–water partition coefficient (Wildman–Crippen LogP) is 10.1. The first-order chi connectivity index (χ1) is 20.7. The molecule has 0 fully saturated rings. The van der Waals surface area contributed by atoms with E-state index in [4.69, 9.17) is 14.7 Å². The van der Waals surface area contributed by atoms with Crippen LogP contribution in [-0.2, 0) is 6.42 Å². The Bertz CT molecular complexity index is 1380. The van der Waals surface area contributed by atoms with Crippen molar-refractivity contribution in [3.05, 3.63) is 114 Å². The topological polar surface area (TPSA) is 54.6 Å². The summed E-state index contributed by atoms with van der Waals surface area (Å²) >= 11 is 0. The molecule has 0 radical (unpaired) electrons. The molecule has 0 aliphatic heterocycles. The summed E-state index contributed by atoms with van der Waals surface area (Å²) in [7, 11) is 0. The molecule has 0 saturated carbocycles. The van der Waals surface area contributed by atoms with E-state index in [1.165, 1.54) is 31.2 Å². The van der Waals surface area contributed by atoms with Crippen molar-refractivity contribution in [3.63, 3.8) is 0 Å². The fourth-order valence-corrected chi connectivity index (χ4v) is 4.72. The number of rotatable bonds is 17. The summed E-state index contributed by atoms with van der Waals surface area (Å²) in [6.07, 6.45) is 12.5. The Hall–Kier alpha value is -4.36. The van der Waals surface area contributed by atoms with Gasteiger partial charge in [-0.2, -0.15) is 5.26 Å². The Morgan fingerprint density at radius 1 is 0.619 bits per heavy atom. The van der Waals surface area contributed by atoms with Crippen LogP contribution >= 0.6 is 0 Å². The lowest BCUT2D eigenvalue weighted by molar-refractivity contribution is 0.287. The quantitative estimate of drug-likeness (QED) is 0.0957. The van der Waals surface area contributed by atoms with Gasteiger partial charge in [-0.1, -0.05) is 62.6 Å². The largest absolute Gasteiger partial charge is 0.494 e. The first-order valence-corrected chi connectivity index (χ1v) is 15.3. The molecule has 0 aliphatic rings. The molecule has 0 N–H and O–H groups in total. The predicted molar refractivity (Wildman–Crippen MR) is 174 cm³/mol. The van der Waals surface area contributed by atoms with Crippen LogP contribution < -0.4 is 9.47 Å². The second-order valence-corrected chi connectivity index (χ2v) is 10.6. The maximum Gasteiger partial charge on any atom is 0.119 e. The van der Waals surface area contributed by atoms with Gasteiger partial charge in [0.25, 0.3) is 0 Å². The van der Waals surface area contributed by atoms with Crippen molar-refractivity contribution in [1.29, 1.82) is 5.26 Å². The van der Waals surface area contributed by atoms with Crippen LogP contribution in [-0.4, -0.2) is 19.4 Å². The van der Waals surface area contributed by atoms with Gasteiger partial charge in [-0.3, -0.25) is 4.99 Å². The van der Waals surface area contributed by atoms with E-state index in [0.717, 1.165) is 72.6 Å². The van der Waals surface area contributed by atoms with Crippen molar-refractivity contribution >= 4 is 11.9 Å². The lowest BCUT2D eigenvalue weighted by atomic mass is 10.0. The van der Waals surface area contributed by atoms with Crippen LogP contribution in [0.5, 0.6) is 11.5 Å². The van der Waals surface area contributed by atoms with Gasteiger partial charge in [-0.15, -0.1) is 0 Å². The normalized spacial score (nSPS) is 11.0. The van der Waals surface area contributed by atoms with E-state index in [1.807, 2.05) is 54.7 Å². The van der Waals surface area contributed by atoms with E-state index < -0.39 is 0 Å². The number of hydrogen-bond acceptors (Lipinski definition) is 4. The molecule has 0 atom stereocenters. The zero-order chi connectivity index (χ0) is 29.2. The van der Waals surface area contributed by atoms with Crippen molar-refractivity contribution in [1.82, 2.24) is 0 Å². The summed E-state index contributed by atoms with van der Waals surface area (Å²) in [5.41, 5.74) is 6.32. The molecule has 0 heterocycles. The lowest BCUT2D eigenvalue weighted by Crippen LogP contribution is -2.00. The van der Waals surface area contributed by atoms with E-state index in [-0.39, 0.29) is 0 Å². The van der Waals surface area contributed by atoms with Gasteiger partial charge in [-0.05, 0) is 121 Å². The van der Waals surface area contributed by atoms with Gasteiger partial charge in [0, 0.05) is 6.21 Å². The Morgan fingerprint density at radius 3 is 1.74 bits per heavy atom. The number of nitrogens with zero attached hydrogens (tertiary/aromatic N) is 2. The van der Waals surface area contributed by atoms with Crippen molar-refractivity contribution in [2.45, 2.75) is 64.7 Å². The molecule has 4 aromatic carbocycles. The Balaban J connectivity index is 1.06. The minimum absolute atomic E-state index is 0.672. The zero-order valence-corrected chi connectivity index (χ0v) is 24.8. The summed E-state index contributed by atoms with van der Waals surface area (Å²) in [6.45, 7) is 3.68. The molecule has 216 valence electrons. The van der Waals surface area contributed by atoms with Crippen molar-refractivity contribution in [2.75, 3.05) is 13.2 Å². The molecule has 4 rings (SSSR count). The van der Waals surface area contributed by atoms with Crippen LogP contribution in [0.3, 0.4) is 0 Å². The highest BCUT2D eigenvalue weighted by atomic mass is 16.5. The average molecular weight is 559 g/mol. The number of unbranched alkanes of at least 4 members (excludes halogenated alkanes) is 6. The summed E-state index contributed by atoms with van der Waals surface area (Å²) in [6, 6.07) is 34.6. The fraction of sp³-hybridized carbons (Fsp3) is 0.316. The highest BCUT2D eigenvalue weighted by molar-refractivity contribution is 5.82. The third-order valence-corrected chi connectivity index (χ3v) is 7.28. The molecule has 0 amide bonds. The molecular formula is C38H42N2O2. The number of ether oxygens (including phenoxy) is 2. The minimum Gasteiger partial charge on any atom is -0.494 e. The molecule has 4 aromatic rings. The van der Waals surface area contributed by atoms with E-state index >= 15 is 0 Å². The zero-order valence-electron chi connectivity index (χ0n) is 24.8. The third kappa shape index (κ3) is 10.6. The Labute approximate surface area is 251 Å². The summed E-state index contributed by atoms with van der Waals surface area (Å²) in [5.74, 6) is 1.78. The number of hydrogen-bond donors (Lipinski definition) is 0.